The second kappa shape index (κ2) is 4.71. The third-order valence-corrected chi connectivity index (χ3v) is 3.14. The monoisotopic (exact) mass is 246 g/mol. The molecule has 1 N–H and O–H groups in total. The van der Waals surface area contributed by atoms with Crippen LogP contribution < -0.4 is 0 Å². The van der Waals surface area contributed by atoms with E-state index in [4.69, 9.17) is 27.9 Å². The fourth-order valence-corrected chi connectivity index (χ4v) is 2.18. The molecule has 1 aliphatic rings. The van der Waals surface area contributed by atoms with Gasteiger partial charge in [0, 0.05) is 28.6 Å². The van der Waals surface area contributed by atoms with Crippen molar-refractivity contribution in [1.29, 1.82) is 0 Å². The first-order valence-corrected chi connectivity index (χ1v) is 5.67. The van der Waals surface area contributed by atoms with E-state index < -0.39 is 0 Å². The SMILES string of the molecule is O[C@H]1CCO[C@@H](c2cc(Cl)ccc2Cl)C1. The van der Waals surface area contributed by atoms with Gasteiger partial charge in [0.25, 0.3) is 0 Å². The quantitative estimate of drug-likeness (QED) is 0.825. The number of ether oxygens (including phenoxy) is 1. The van der Waals surface area contributed by atoms with Crippen LogP contribution in [0.4, 0.5) is 0 Å². The Morgan fingerprint density at radius 3 is 2.87 bits per heavy atom. The summed E-state index contributed by atoms with van der Waals surface area (Å²) in [5.41, 5.74) is 0.864. The molecule has 0 amide bonds. The lowest BCUT2D eigenvalue weighted by molar-refractivity contribution is -0.0447. The topological polar surface area (TPSA) is 29.5 Å². The van der Waals surface area contributed by atoms with E-state index in [1.165, 1.54) is 0 Å². The normalized spacial score (nSPS) is 26.6. The van der Waals surface area contributed by atoms with Crippen LogP contribution in [0.15, 0.2) is 18.2 Å². The summed E-state index contributed by atoms with van der Waals surface area (Å²) in [5, 5.41) is 10.8. The summed E-state index contributed by atoms with van der Waals surface area (Å²) in [7, 11) is 0. The minimum Gasteiger partial charge on any atom is -0.393 e. The fourth-order valence-electron chi connectivity index (χ4n) is 1.76. The highest BCUT2D eigenvalue weighted by atomic mass is 35.5. The fraction of sp³-hybridized carbons (Fsp3) is 0.455. The molecule has 0 aromatic heterocycles. The average molecular weight is 247 g/mol. The van der Waals surface area contributed by atoms with Crippen LogP contribution in [-0.2, 0) is 4.74 Å². The molecule has 0 aliphatic carbocycles. The molecule has 15 heavy (non-hydrogen) atoms. The standard InChI is InChI=1S/C11H12Cl2O2/c12-7-1-2-10(13)9(5-7)11-6-8(14)3-4-15-11/h1-2,5,8,11,14H,3-4,6H2/t8-,11+/m0/s1. The van der Waals surface area contributed by atoms with Crippen LogP contribution in [0.25, 0.3) is 0 Å². The molecule has 0 unspecified atom stereocenters. The van der Waals surface area contributed by atoms with Crippen molar-refractivity contribution in [1.82, 2.24) is 0 Å². The van der Waals surface area contributed by atoms with Crippen molar-refractivity contribution < 1.29 is 9.84 Å². The zero-order chi connectivity index (χ0) is 10.8. The Bertz CT molecular complexity index is 354. The van der Waals surface area contributed by atoms with Crippen LogP contribution in [0, 0.1) is 0 Å². The van der Waals surface area contributed by atoms with E-state index in [1.807, 2.05) is 0 Å². The van der Waals surface area contributed by atoms with Gasteiger partial charge in [-0.1, -0.05) is 23.2 Å². The molecule has 1 fully saturated rings. The molecular weight excluding hydrogens is 235 g/mol. The molecule has 2 atom stereocenters. The van der Waals surface area contributed by atoms with Crippen LogP contribution in [-0.4, -0.2) is 17.8 Å². The third-order valence-electron chi connectivity index (χ3n) is 2.56. The van der Waals surface area contributed by atoms with E-state index in [9.17, 15) is 5.11 Å². The first-order chi connectivity index (χ1) is 7.16. The Kier molecular flexibility index (Phi) is 3.52. The lowest BCUT2D eigenvalue weighted by atomic mass is 9.99. The third kappa shape index (κ3) is 2.64. The van der Waals surface area contributed by atoms with Crippen molar-refractivity contribution in [3.8, 4) is 0 Å². The first-order valence-electron chi connectivity index (χ1n) is 4.91. The van der Waals surface area contributed by atoms with Gasteiger partial charge in [0.2, 0.25) is 0 Å². The van der Waals surface area contributed by atoms with Crippen LogP contribution in [0.1, 0.15) is 24.5 Å². The maximum Gasteiger partial charge on any atom is 0.0864 e. The summed E-state index contributed by atoms with van der Waals surface area (Å²) in [5.74, 6) is 0. The van der Waals surface area contributed by atoms with Crippen molar-refractivity contribution in [2.24, 2.45) is 0 Å². The zero-order valence-corrected chi connectivity index (χ0v) is 9.63. The van der Waals surface area contributed by atoms with Crippen molar-refractivity contribution in [2.45, 2.75) is 25.0 Å². The van der Waals surface area contributed by atoms with Crippen molar-refractivity contribution in [3.63, 3.8) is 0 Å². The number of hydrogen-bond donors (Lipinski definition) is 1. The molecular formula is C11H12Cl2O2. The Balaban J connectivity index is 2.24. The molecule has 0 saturated carbocycles. The molecule has 2 rings (SSSR count). The highest BCUT2D eigenvalue weighted by Crippen LogP contribution is 2.34. The lowest BCUT2D eigenvalue weighted by Crippen LogP contribution is -2.23. The van der Waals surface area contributed by atoms with Gasteiger partial charge >= 0.3 is 0 Å². The summed E-state index contributed by atoms with van der Waals surface area (Å²) >= 11 is 12.0. The summed E-state index contributed by atoms with van der Waals surface area (Å²) in [6.07, 6.45) is 0.827. The van der Waals surface area contributed by atoms with Crippen LogP contribution in [0.3, 0.4) is 0 Å². The molecule has 82 valence electrons. The maximum atomic E-state index is 9.55. The highest BCUT2D eigenvalue weighted by Gasteiger charge is 2.24. The largest absolute Gasteiger partial charge is 0.393 e. The zero-order valence-electron chi connectivity index (χ0n) is 8.12. The van der Waals surface area contributed by atoms with Crippen LogP contribution in [0.5, 0.6) is 0 Å². The molecule has 1 heterocycles. The number of aliphatic hydroxyl groups is 1. The van der Waals surface area contributed by atoms with E-state index in [1.54, 1.807) is 18.2 Å². The predicted octanol–water partition coefficient (Wildman–Crippen LogP) is 3.21. The van der Waals surface area contributed by atoms with Crippen molar-refractivity contribution >= 4 is 23.2 Å². The summed E-state index contributed by atoms with van der Waals surface area (Å²) in [6.45, 7) is 0.564. The Hall–Kier alpha value is -0.280. The molecule has 0 radical (unpaired) electrons. The van der Waals surface area contributed by atoms with E-state index in [0.29, 0.717) is 29.5 Å². The first kappa shape index (κ1) is 11.2. The van der Waals surface area contributed by atoms with Gasteiger partial charge in [-0.3, -0.25) is 0 Å². The maximum absolute atomic E-state index is 9.55. The average Bonchev–Trinajstić information content (AvgIpc) is 2.22. The number of rotatable bonds is 1. The summed E-state index contributed by atoms with van der Waals surface area (Å²) in [4.78, 5) is 0. The van der Waals surface area contributed by atoms with Crippen molar-refractivity contribution in [2.75, 3.05) is 6.61 Å². The van der Waals surface area contributed by atoms with Gasteiger partial charge in [0.1, 0.15) is 0 Å². The van der Waals surface area contributed by atoms with Crippen LogP contribution >= 0.6 is 23.2 Å². The molecule has 4 heteroatoms. The second-order valence-corrected chi connectivity index (χ2v) is 4.55. The van der Waals surface area contributed by atoms with Gasteiger partial charge < -0.3 is 9.84 Å². The summed E-state index contributed by atoms with van der Waals surface area (Å²) < 4.78 is 5.57. The number of aliphatic hydroxyl groups excluding tert-OH is 1. The minimum absolute atomic E-state index is 0.139. The van der Waals surface area contributed by atoms with Gasteiger partial charge in [-0.2, -0.15) is 0 Å². The van der Waals surface area contributed by atoms with E-state index in [0.717, 1.165) is 5.56 Å². The van der Waals surface area contributed by atoms with Gasteiger partial charge in [-0.15, -0.1) is 0 Å². The highest BCUT2D eigenvalue weighted by molar-refractivity contribution is 6.33. The summed E-state index contributed by atoms with van der Waals surface area (Å²) in [6, 6.07) is 5.29. The Morgan fingerprint density at radius 1 is 1.33 bits per heavy atom. The predicted molar refractivity (Wildman–Crippen MR) is 60.4 cm³/mol. The Labute approximate surface area is 98.8 Å². The number of hydrogen-bond acceptors (Lipinski definition) is 2. The minimum atomic E-state index is -0.307. The van der Waals surface area contributed by atoms with Gasteiger partial charge in [-0.05, 0) is 24.6 Å². The van der Waals surface area contributed by atoms with Gasteiger partial charge in [0.05, 0.1) is 12.2 Å². The lowest BCUT2D eigenvalue weighted by Gasteiger charge is -2.27. The molecule has 1 aromatic rings. The number of benzene rings is 1. The second-order valence-electron chi connectivity index (χ2n) is 3.70. The molecule has 1 aromatic carbocycles. The Morgan fingerprint density at radius 2 is 2.13 bits per heavy atom. The van der Waals surface area contributed by atoms with Gasteiger partial charge in [-0.25, -0.2) is 0 Å². The molecule has 0 spiro atoms. The number of halogens is 2. The van der Waals surface area contributed by atoms with Crippen LogP contribution in [0.2, 0.25) is 10.0 Å². The van der Waals surface area contributed by atoms with E-state index in [2.05, 4.69) is 0 Å². The van der Waals surface area contributed by atoms with E-state index in [-0.39, 0.29) is 12.2 Å². The molecule has 1 aliphatic heterocycles. The van der Waals surface area contributed by atoms with Gasteiger partial charge in [0.15, 0.2) is 0 Å². The molecule has 0 bridgehead atoms. The molecule has 1 saturated heterocycles. The van der Waals surface area contributed by atoms with E-state index >= 15 is 0 Å². The smallest absolute Gasteiger partial charge is 0.0864 e. The molecule has 2 nitrogen and oxygen atoms in total. The van der Waals surface area contributed by atoms with Crippen molar-refractivity contribution in [3.05, 3.63) is 33.8 Å².